The first kappa shape index (κ1) is 10.7. The highest BCUT2D eigenvalue weighted by Gasteiger charge is 1.98. The fourth-order valence-corrected chi connectivity index (χ4v) is 2.64. The number of thiophene rings is 1. The van der Waals surface area contributed by atoms with Crippen molar-refractivity contribution in [2.24, 2.45) is 0 Å². The van der Waals surface area contributed by atoms with E-state index in [1.807, 2.05) is 6.07 Å². The Bertz CT molecular complexity index is 450. The molecule has 0 saturated carbocycles. The maximum absolute atomic E-state index is 3.47. The van der Waals surface area contributed by atoms with Gasteiger partial charge in [-0.3, -0.25) is 0 Å². The van der Waals surface area contributed by atoms with Crippen molar-refractivity contribution < 1.29 is 0 Å². The Morgan fingerprint density at radius 2 is 2.20 bits per heavy atom. The molecule has 1 nitrogen and oxygen atoms in total. The van der Waals surface area contributed by atoms with Gasteiger partial charge in [-0.2, -0.15) is 0 Å². The van der Waals surface area contributed by atoms with Crippen molar-refractivity contribution in [3.63, 3.8) is 0 Å². The first-order chi connectivity index (χ1) is 7.25. The lowest BCUT2D eigenvalue weighted by Gasteiger charge is -2.05. The molecule has 2 aromatic rings. The molecule has 1 aromatic heterocycles. The molecule has 0 fully saturated rings. The van der Waals surface area contributed by atoms with Gasteiger partial charge in [-0.25, -0.2) is 0 Å². The van der Waals surface area contributed by atoms with Crippen LogP contribution in [-0.2, 0) is 6.54 Å². The average molecular weight is 282 g/mol. The Kier molecular flexibility index (Phi) is 3.44. The molecule has 0 spiro atoms. The first-order valence-corrected chi connectivity index (χ1v) is 6.50. The predicted octanol–water partition coefficient (Wildman–Crippen LogP) is 4.43. The highest BCUT2D eigenvalue weighted by molar-refractivity contribution is 9.10. The van der Waals surface area contributed by atoms with Crippen LogP contribution in [0.4, 0.5) is 5.69 Å². The number of hydrogen-bond donors (Lipinski definition) is 1. The fraction of sp³-hybridized carbons (Fsp3) is 0.167. The molecule has 15 heavy (non-hydrogen) atoms. The molecule has 0 aliphatic rings. The zero-order valence-electron chi connectivity index (χ0n) is 8.46. The van der Waals surface area contributed by atoms with Crippen molar-refractivity contribution in [2.75, 3.05) is 5.32 Å². The SMILES string of the molecule is Cc1cscc1NCc1cccc(Br)c1. The summed E-state index contributed by atoms with van der Waals surface area (Å²) in [5, 5.41) is 7.73. The lowest BCUT2D eigenvalue weighted by molar-refractivity contribution is 1.14. The minimum absolute atomic E-state index is 0.872. The second-order valence-electron chi connectivity index (χ2n) is 3.45. The van der Waals surface area contributed by atoms with Crippen molar-refractivity contribution in [1.29, 1.82) is 0 Å². The zero-order valence-corrected chi connectivity index (χ0v) is 10.9. The van der Waals surface area contributed by atoms with Gasteiger partial charge in [-0.1, -0.05) is 28.1 Å². The molecule has 0 atom stereocenters. The van der Waals surface area contributed by atoms with Crippen molar-refractivity contribution >= 4 is 33.0 Å². The van der Waals surface area contributed by atoms with E-state index in [-0.39, 0.29) is 0 Å². The van der Waals surface area contributed by atoms with Crippen molar-refractivity contribution in [3.8, 4) is 0 Å². The van der Waals surface area contributed by atoms with Crippen LogP contribution in [0, 0.1) is 6.92 Å². The van der Waals surface area contributed by atoms with Crippen LogP contribution in [0.15, 0.2) is 39.5 Å². The van der Waals surface area contributed by atoms with Gasteiger partial charge in [0.05, 0.1) is 0 Å². The number of rotatable bonds is 3. The minimum Gasteiger partial charge on any atom is -0.380 e. The summed E-state index contributed by atoms with van der Waals surface area (Å²) in [6.45, 7) is 3.00. The maximum Gasteiger partial charge on any atom is 0.0481 e. The molecule has 1 N–H and O–H groups in total. The molecule has 1 aromatic carbocycles. The first-order valence-electron chi connectivity index (χ1n) is 4.77. The van der Waals surface area contributed by atoms with Gasteiger partial charge in [0, 0.05) is 22.1 Å². The molecular formula is C12H12BrNS. The Labute approximate surface area is 102 Å². The summed E-state index contributed by atoms with van der Waals surface area (Å²) in [7, 11) is 0. The van der Waals surface area contributed by atoms with Gasteiger partial charge in [0.25, 0.3) is 0 Å². The van der Waals surface area contributed by atoms with E-state index in [1.165, 1.54) is 16.8 Å². The summed E-state index contributed by atoms with van der Waals surface area (Å²) >= 11 is 5.20. The molecule has 2 rings (SSSR count). The number of anilines is 1. The molecular weight excluding hydrogens is 270 g/mol. The second kappa shape index (κ2) is 4.81. The molecule has 3 heteroatoms. The summed E-state index contributed by atoms with van der Waals surface area (Å²) < 4.78 is 1.13. The van der Waals surface area contributed by atoms with Crippen LogP contribution in [0.3, 0.4) is 0 Å². The number of nitrogens with one attached hydrogen (secondary N) is 1. The molecule has 78 valence electrons. The maximum atomic E-state index is 3.47. The van der Waals surface area contributed by atoms with Crippen LogP contribution in [-0.4, -0.2) is 0 Å². The predicted molar refractivity (Wildman–Crippen MR) is 70.5 cm³/mol. The summed E-state index contributed by atoms with van der Waals surface area (Å²) in [6.07, 6.45) is 0. The van der Waals surface area contributed by atoms with Crippen molar-refractivity contribution in [2.45, 2.75) is 13.5 Å². The highest BCUT2D eigenvalue weighted by atomic mass is 79.9. The van der Waals surface area contributed by atoms with Crippen LogP contribution in [0.25, 0.3) is 0 Å². The minimum atomic E-state index is 0.872. The van der Waals surface area contributed by atoms with Crippen LogP contribution < -0.4 is 5.32 Å². The molecule has 0 bridgehead atoms. The Morgan fingerprint density at radius 3 is 2.87 bits per heavy atom. The summed E-state index contributed by atoms with van der Waals surface area (Å²) in [5.74, 6) is 0. The van der Waals surface area contributed by atoms with Gasteiger partial charge in [0.2, 0.25) is 0 Å². The van der Waals surface area contributed by atoms with Crippen LogP contribution >= 0.6 is 27.3 Å². The number of halogens is 1. The molecule has 0 radical (unpaired) electrons. The third-order valence-electron chi connectivity index (χ3n) is 2.23. The van der Waals surface area contributed by atoms with Crippen LogP contribution in [0.5, 0.6) is 0 Å². The van der Waals surface area contributed by atoms with Crippen LogP contribution in [0.2, 0.25) is 0 Å². The Morgan fingerprint density at radius 1 is 1.33 bits per heavy atom. The van der Waals surface area contributed by atoms with Gasteiger partial charge in [-0.05, 0) is 35.6 Å². The fourth-order valence-electron chi connectivity index (χ4n) is 1.39. The standard InChI is InChI=1S/C12H12BrNS/c1-9-7-15-8-12(9)14-6-10-3-2-4-11(13)5-10/h2-5,7-8,14H,6H2,1H3. The van der Waals surface area contributed by atoms with E-state index in [2.05, 4.69) is 57.1 Å². The average Bonchev–Trinajstić information content (AvgIpc) is 2.61. The quantitative estimate of drug-likeness (QED) is 0.878. The molecule has 0 aliphatic heterocycles. The third-order valence-corrected chi connectivity index (χ3v) is 3.58. The normalized spacial score (nSPS) is 10.3. The van der Waals surface area contributed by atoms with E-state index in [1.54, 1.807) is 11.3 Å². The van der Waals surface area contributed by atoms with Gasteiger partial charge >= 0.3 is 0 Å². The smallest absolute Gasteiger partial charge is 0.0481 e. The van der Waals surface area contributed by atoms with E-state index >= 15 is 0 Å². The molecule has 1 heterocycles. The second-order valence-corrected chi connectivity index (χ2v) is 5.11. The molecule has 0 saturated heterocycles. The van der Waals surface area contributed by atoms with Gasteiger partial charge in [0.15, 0.2) is 0 Å². The lowest BCUT2D eigenvalue weighted by atomic mass is 10.2. The Hall–Kier alpha value is -0.800. The van der Waals surface area contributed by atoms with E-state index in [9.17, 15) is 0 Å². The van der Waals surface area contributed by atoms with E-state index in [0.717, 1.165) is 11.0 Å². The highest BCUT2D eigenvalue weighted by Crippen LogP contribution is 2.20. The lowest BCUT2D eigenvalue weighted by Crippen LogP contribution is -1.98. The topological polar surface area (TPSA) is 12.0 Å². The van der Waals surface area contributed by atoms with E-state index in [0.29, 0.717) is 0 Å². The molecule has 0 aliphatic carbocycles. The zero-order chi connectivity index (χ0) is 10.7. The van der Waals surface area contributed by atoms with Crippen molar-refractivity contribution in [1.82, 2.24) is 0 Å². The Balaban J connectivity index is 2.02. The monoisotopic (exact) mass is 281 g/mol. The van der Waals surface area contributed by atoms with Gasteiger partial charge in [-0.15, -0.1) is 11.3 Å². The number of aryl methyl sites for hydroxylation is 1. The van der Waals surface area contributed by atoms with E-state index < -0.39 is 0 Å². The third kappa shape index (κ3) is 2.83. The van der Waals surface area contributed by atoms with Crippen LogP contribution in [0.1, 0.15) is 11.1 Å². The number of hydrogen-bond acceptors (Lipinski definition) is 2. The van der Waals surface area contributed by atoms with Crippen molar-refractivity contribution in [3.05, 3.63) is 50.6 Å². The molecule has 0 unspecified atom stereocenters. The summed E-state index contributed by atoms with van der Waals surface area (Å²) in [6, 6.07) is 8.36. The van der Waals surface area contributed by atoms with E-state index in [4.69, 9.17) is 0 Å². The van der Waals surface area contributed by atoms with Gasteiger partial charge < -0.3 is 5.32 Å². The summed E-state index contributed by atoms with van der Waals surface area (Å²) in [5.41, 5.74) is 3.84. The summed E-state index contributed by atoms with van der Waals surface area (Å²) in [4.78, 5) is 0. The van der Waals surface area contributed by atoms with Gasteiger partial charge in [0.1, 0.15) is 0 Å². The largest absolute Gasteiger partial charge is 0.380 e. The number of benzene rings is 1. The molecule has 0 amide bonds.